The summed E-state index contributed by atoms with van der Waals surface area (Å²) in [5.41, 5.74) is 1.34. The van der Waals surface area contributed by atoms with Crippen molar-refractivity contribution in [2.45, 2.75) is 52.0 Å². The number of aliphatic imine (C=N–C) groups is 1. The molecular formula is C23H40IN5. The van der Waals surface area contributed by atoms with Crippen molar-refractivity contribution < 1.29 is 0 Å². The van der Waals surface area contributed by atoms with Gasteiger partial charge in [0.2, 0.25) is 0 Å². The van der Waals surface area contributed by atoms with Gasteiger partial charge in [0, 0.05) is 51.0 Å². The monoisotopic (exact) mass is 513 g/mol. The Bertz CT molecular complexity index is 594. The van der Waals surface area contributed by atoms with Crippen LogP contribution in [0, 0.1) is 5.92 Å². The first kappa shape index (κ1) is 24.3. The molecule has 2 unspecified atom stereocenters. The highest BCUT2D eigenvalue weighted by Crippen LogP contribution is 2.23. The molecule has 0 aliphatic carbocycles. The lowest BCUT2D eigenvalue weighted by atomic mass is 10.0. The van der Waals surface area contributed by atoms with Gasteiger partial charge in [-0.3, -0.25) is 4.99 Å². The van der Waals surface area contributed by atoms with Gasteiger partial charge >= 0.3 is 0 Å². The van der Waals surface area contributed by atoms with Gasteiger partial charge in [0.25, 0.3) is 0 Å². The number of hydrogen-bond donors (Lipinski definition) is 2. The zero-order chi connectivity index (χ0) is 19.6. The molecule has 3 rings (SSSR count). The molecule has 2 atom stereocenters. The van der Waals surface area contributed by atoms with E-state index in [9.17, 15) is 0 Å². The highest BCUT2D eigenvalue weighted by molar-refractivity contribution is 14.0. The number of guanidine groups is 1. The van der Waals surface area contributed by atoms with Crippen LogP contribution in [-0.2, 0) is 0 Å². The molecule has 0 saturated carbocycles. The molecule has 2 heterocycles. The quantitative estimate of drug-likeness (QED) is 0.239. The molecule has 164 valence electrons. The van der Waals surface area contributed by atoms with E-state index in [1.165, 1.54) is 50.9 Å². The Morgan fingerprint density at radius 2 is 1.93 bits per heavy atom. The molecule has 5 nitrogen and oxygen atoms in total. The van der Waals surface area contributed by atoms with E-state index in [-0.39, 0.29) is 24.0 Å². The Hall–Kier alpha value is -1.02. The molecule has 1 aromatic rings. The third-order valence-corrected chi connectivity index (χ3v) is 6.11. The molecular weight excluding hydrogens is 473 g/mol. The minimum absolute atomic E-state index is 0. The largest absolute Gasteiger partial charge is 0.371 e. The van der Waals surface area contributed by atoms with Crippen molar-refractivity contribution in [1.82, 2.24) is 15.5 Å². The summed E-state index contributed by atoms with van der Waals surface area (Å²) < 4.78 is 0. The predicted octanol–water partition coefficient (Wildman–Crippen LogP) is 3.95. The molecule has 2 N–H and O–H groups in total. The number of halogens is 1. The van der Waals surface area contributed by atoms with Crippen LogP contribution in [0.5, 0.6) is 0 Å². The number of para-hydroxylation sites is 1. The van der Waals surface area contributed by atoms with E-state index in [4.69, 9.17) is 4.99 Å². The van der Waals surface area contributed by atoms with Crippen LogP contribution in [0.25, 0.3) is 0 Å². The Morgan fingerprint density at radius 3 is 2.69 bits per heavy atom. The first-order chi connectivity index (χ1) is 13.8. The van der Waals surface area contributed by atoms with Crippen LogP contribution in [0.4, 0.5) is 5.69 Å². The highest BCUT2D eigenvalue weighted by atomic mass is 127. The zero-order valence-electron chi connectivity index (χ0n) is 18.3. The SMILES string of the molecule is CCNC(=NCC1CCN(c2ccccc2)C1)NCCCN1CCCCC1C.I. The first-order valence-electron chi connectivity index (χ1n) is 11.3. The number of rotatable bonds is 8. The number of nitrogens with zero attached hydrogens (tertiary/aromatic N) is 3. The van der Waals surface area contributed by atoms with Crippen molar-refractivity contribution in [2.24, 2.45) is 10.9 Å². The first-order valence-corrected chi connectivity index (χ1v) is 11.3. The minimum Gasteiger partial charge on any atom is -0.371 e. The van der Waals surface area contributed by atoms with Crippen LogP contribution in [0.15, 0.2) is 35.3 Å². The fourth-order valence-corrected chi connectivity index (χ4v) is 4.40. The standard InChI is InChI=1S/C23H39N5.HI/c1-3-24-23(25-14-9-16-27-15-8-7-10-20(27)2)26-18-21-13-17-28(19-21)22-11-5-4-6-12-22;/h4-6,11-12,20-21H,3,7-10,13-19H2,1-2H3,(H2,24,25,26);1H. The summed E-state index contributed by atoms with van der Waals surface area (Å²) in [6.07, 6.45) is 6.53. The van der Waals surface area contributed by atoms with Crippen molar-refractivity contribution in [3.05, 3.63) is 30.3 Å². The Kier molecular flexibility index (Phi) is 11.1. The smallest absolute Gasteiger partial charge is 0.191 e. The van der Waals surface area contributed by atoms with E-state index in [0.717, 1.165) is 44.7 Å². The van der Waals surface area contributed by atoms with Crippen LogP contribution in [0.2, 0.25) is 0 Å². The lowest BCUT2D eigenvalue weighted by Gasteiger charge is -2.33. The maximum atomic E-state index is 4.88. The predicted molar refractivity (Wildman–Crippen MR) is 136 cm³/mol. The second kappa shape index (κ2) is 13.3. The summed E-state index contributed by atoms with van der Waals surface area (Å²) in [4.78, 5) is 10.0. The van der Waals surface area contributed by atoms with Gasteiger partial charge < -0.3 is 20.4 Å². The van der Waals surface area contributed by atoms with Gasteiger partial charge in [-0.25, -0.2) is 0 Å². The summed E-state index contributed by atoms with van der Waals surface area (Å²) >= 11 is 0. The second-order valence-corrected chi connectivity index (χ2v) is 8.32. The van der Waals surface area contributed by atoms with Gasteiger partial charge in [-0.15, -0.1) is 24.0 Å². The zero-order valence-corrected chi connectivity index (χ0v) is 20.6. The fraction of sp³-hybridized carbons (Fsp3) is 0.696. The number of anilines is 1. The van der Waals surface area contributed by atoms with Gasteiger partial charge in [-0.1, -0.05) is 24.6 Å². The Balaban J connectivity index is 0.00000300. The van der Waals surface area contributed by atoms with Crippen LogP contribution in [-0.4, -0.2) is 62.7 Å². The van der Waals surface area contributed by atoms with Gasteiger partial charge in [0.1, 0.15) is 0 Å². The third kappa shape index (κ3) is 7.96. The number of benzene rings is 1. The maximum absolute atomic E-state index is 4.88. The summed E-state index contributed by atoms with van der Waals surface area (Å²) in [6, 6.07) is 11.5. The molecule has 2 aliphatic heterocycles. The van der Waals surface area contributed by atoms with Crippen molar-refractivity contribution in [2.75, 3.05) is 50.7 Å². The molecule has 2 fully saturated rings. The number of likely N-dealkylation sites (tertiary alicyclic amines) is 1. The normalized spacial score (nSPS) is 23.0. The van der Waals surface area contributed by atoms with Crippen molar-refractivity contribution >= 4 is 35.6 Å². The van der Waals surface area contributed by atoms with Gasteiger partial charge in [-0.05, 0) is 64.1 Å². The topological polar surface area (TPSA) is 42.9 Å². The molecule has 0 bridgehead atoms. The Labute approximate surface area is 194 Å². The van der Waals surface area contributed by atoms with E-state index in [1.54, 1.807) is 0 Å². The van der Waals surface area contributed by atoms with Crippen LogP contribution >= 0.6 is 24.0 Å². The van der Waals surface area contributed by atoms with E-state index in [2.05, 4.69) is 64.6 Å². The molecule has 0 aromatic heterocycles. The van der Waals surface area contributed by atoms with Crippen molar-refractivity contribution in [3.8, 4) is 0 Å². The van der Waals surface area contributed by atoms with Gasteiger partial charge in [-0.2, -0.15) is 0 Å². The molecule has 29 heavy (non-hydrogen) atoms. The van der Waals surface area contributed by atoms with Gasteiger partial charge in [0.05, 0.1) is 0 Å². The van der Waals surface area contributed by atoms with Crippen molar-refractivity contribution in [1.29, 1.82) is 0 Å². The molecule has 2 saturated heterocycles. The third-order valence-electron chi connectivity index (χ3n) is 6.11. The lowest BCUT2D eigenvalue weighted by molar-refractivity contribution is 0.159. The summed E-state index contributed by atoms with van der Waals surface area (Å²) in [5, 5.41) is 6.95. The maximum Gasteiger partial charge on any atom is 0.191 e. The average molecular weight is 514 g/mol. The number of piperidine rings is 1. The van der Waals surface area contributed by atoms with E-state index < -0.39 is 0 Å². The van der Waals surface area contributed by atoms with Crippen molar-refractivity contribution in [3.63, 3.8) is 0 Å². The number of hydrogen-bond acceptors (Lipinski definition) is 3. The highest BCUT2D eigenvalue weighted by Gasteiger charge is 2.22. The molecule has 0 spiro atoms. The summed E-state index contributed by atoms with van der Waals surface area (Å²) in [5.74, 6) is 1.62. The summed E-state index contributed by atoms with van der Waals surface area (Å²) in [6.45, 7) is 12.0. The lowest BCUT2D eigenvalue weighted by Crippen LogP contribution is -2.41. The molecule has 1 aromatic carbocycles. The van der Waals surface area contributed by atoms with Crippen LogP contribution in [0.1, 0.15) is 46.0 Å². The Morgan fingerprint density at radius 1 is 1.10 bits per heavy atom. The van der Waals surface area contributed by atoms with E-state index in [1.807, 2.05) is 0 Å². The minimum atomic E-state index is 0. The summed E-state index contributed by atoms with van der Waals surface area (Å²) in [7, 11) is 0. The number of nitrogens with one attached hydrogen (secondary N) is 2. The fourth-order valence-electron chi connectivity index (χ4n) is 4.40. The van der Waals surface area contributed by atoms with E-state index in [0.29, 0.717) is 5.92 Å². The molecule has 2 aliphatic rings. The molecule has 0 amide bonds. The van der Waals surface area contributed by atoms with E-state index >= 15 is 0 Å². The molecule has 0 radical (unpaired) electrons. The van der Waals surface area contributed by atoms with Gasteiger partial charge in [0.15, 0.2) is 5.96 Å². The van der Waals surface area contributed by atoms with Crippen LogP contribution in [0.3, 0.4) is 0 Å². The van der Waals surface area contributed by atoms with Crippen LogP contribution < -0.4 is 15.5 Å². The average Bonchev–Trinajstić information content (AvgIpc) is 3.20. The second-order valence-electron chi connectivity index (χ2n) is 8.32. The molecule has 6 heteroatoms.